The van der Waals surface area contributed by atoms with E-state index < -0.39 is 0 Å². The molecule has 4 rings (SSSR count). The molecule has 7 heteroatoms. The number of hydrogen-bond donors (Lipinski definition) is 1. The maximum Gasteiger partial charge on any atom is 0.275 e. The minimum absolute atomic E-state index is 0.0756. The molecule has 7 nitrogen and oxygen atoms in total. The van der Waals surface area contributed by atoms with Gasteiger partial charge in [0.15, 0.2) is 5.69 Å². The standard InChI is InChI=1S/C18H21N5O2/c1-11-16(12(2)22(3)21-11)15-10-25-9-8-23(15)18(24)17-13-6-4-5-7-14(13)19-20-17/h4-7,15H,8-10H2,1-3H3,(H,19,20)/t15-/m1/s1. The van der Waals surface area contributed by atoms with Crippen LogP contribution >= 0.6 is 0 Å². The van der Waals surface area contributed by atoms with Crippen molar-refractivity contribution in [3.8, 4) is 0 Å². The summed E-state index contributed by atoms with van der Waals surface area (Å²) in [4.78, 5) is 15.1. The second-order valence-corrected chi connectivity index (χ2v) is 6.42. The number of morpholine rings is 1. The van der Waals surface area contributed by atoms with Crippen LogP contribution in [0.5, 0.6) is 0 Å². The van der Waals surface area contributed by atoms with E-state index in [4.69, 9.17) is 4.74 Å². The molecule has 1 aliphatic rings. The zero-order valence-electron chi connectivity index (χ0n) is 14.6. The van der Waals surface area contributed by atoms with Gasteiger partial charge in [0.2, 0.25) is 0 Å². The number of aromatic amines is 1. The van der Waals surface area contributed by atoms with Crippen LogP contribution in [-0.4, -0.2) is 50.5 Å². The first-order chi connectivity index (χ1) is 12.1. The molecule has 1 aliphatic heterocycles. The molecule has 0 saturated carbocycles. The quantitative estimate of drug-likeness (QED) is 0.776. The largest absolute Gasteiger partial charge is 0.377 e. The van der Waals surface area contributed by atoms with E-state index in [9.17, 15) is 4.79 Å². The van der Waals surface area contributed by atoms with Crippen LogP contribution in [0.1, 0.15) is 33.5 Å². The first-order valence-electron chi connectivity index (χ1n) is 8.40. The van der Waals surface area contributed by atoms with Crippen molar-refractivity contribution in [2.45, 2.75) is 19.9 Å². The Labute approximate surface area is 145 Å². The predicted octanol–water partition coefficient (Wildman–Crippen LogP) is 2.13. The van der Waals surface area contributed by atoms with Crippen LogP contribution in [0.3, 0.4) is 0 Å². The number of carbonyl (C=O) groups is 1. The van der Waals surface area contributed by atoms with Gasteiger partial charge in [0.25, 0.3) is 5.91 Å². The van der Waals surface area contributed by atoms with Crippen LogP contribution in [0.25, 0.3) is 10.9 Å². The molecule has 0 aliphatic carbocycles. The number of nitrogens with zero attached hydrogens (tertiary/aromatic N) is 4. The first kappa shape index (κ1) is 15.8. The highest BCUT2D eigenvalue weighted by Gasteiger charge is 2.34. The average Bonchev–Trinajstić information content (AvgIpc) is 3.15. The molecule has 25 heavy (non-hydrogen) atoms. The second-order valence-electron chi connectivity index (χ2n) is 6.42. The molecule has 0 unspecified atom stereocenters. The molecule has 130 valence electrons. The predicted molar refractivity (Wildman–Crippen MR) is 93.4 cm³/mol. The Morgan fingerprint density at radius 1 is 1.32 bits per heavy atom. The summed E-state index contributed by atoms with van der Waals surface area (Å²) in [5.41, 5.74) is 4.37. The van der Waals surface area contributed by atoms with E-state index >= 15 is 0 Å². The number of ether oxygens (including phenoxy) is 1. The molecule has 0 spiro atoms. The van der Waals surface area contributed by atoms with Crippen LogP contribution < -0.4 is 0 Å². The molecule has 1 saturated heterocycles. The maximum atomic E-state index is 13.2. The van der Waals surface area contributed by atoms with Crippen molar-refractivity contribution < 1.29 is 9.53 Å². The van der Waals surface area contributed by atoms with Gasteiger partial charge in [0, 0.05) is 30.2 Å². The van der Waals surface area contributed by atoms with E-state index in [1.807, 2.05) is 54.7 Å². The Morgan fingerprint density at radius 2 is 2.12 bits per heavy atom. The summed E-state index contributed by atoms with van der Waals surface area (Å²) in [6, 6.07) is 7.54. The van der Waals surface area contributed by atoms with Gasteiger partial charge in [-0.3, -0.25) is 14.6 Å². The van der Waals surface area contributed by atoms with Gasteiger partial charge < -0.3 is 9.64 Å². The number of benzene rings is 1. The SMILES string of the molecule is Cc1nn(C)c(C)c1[C@H]1COCCN1C(=O)c1n[nH]c2ccccc12. The normalized spacial score (nSPS) is 18.0. The van der Waals surface area contributed by atoms with Gasteiger partial charge in [0.05, 0.1) is 30.5 Å². The number of fused-ring (bicyclic) bond motifs is 1. The van der Waals surface area contributed by atoms with Crippen molar-refractivity contribution in [3.05, 3.63) is 46.9 Å². The molecule has 3 heterocycles. The number of rotatable bonds is 2. The Kier molecular flexibility index (Phi) is 3.80. The van der Waals surface area contributed by atoms with Gasteiger partial charge in [-0.2, -0.15) is 10.2 Å². The van der Waals surface area contributed by atoms with Gasteiger partial charge in [-0.15, -0.1) is 0 Å². The number of carbonyl (C=O) groups excluding carboxylic acids is 1. The van der Waals surface area contributed by atoms with Crippen molar-refractivity contribution in [2.24, 2.45) is 7.05 Å². The van der Waals surface area contributed by atoms with Crippen molar-refractivity contribution in [1.29, 1.82) is 0 Å². The van der Waals surface area contributed by atoms with Gasteiger partial charge in [-0.1, -0.05) is 18.2 Å². The lowest BCUT2D eigenvalue weighted by molar-refractivity contribution is -0.00325. The van der Waals surface area contributed by atoms with Crippen LogP contribution in [0.2, 0.25) is 0 Å². The highest BCUT2D eigenvalue weighted by atomic mass is 16.5. The summed E-state index contributed by atoms with van der Waals surface area (Å²) < 4.78 is 7.53. The molecule has 3 aromatic rings. The Bertz CT molecular complexity index is 942. The number of amides is 1. The Hall–Kier alpha value is -2.67. The van der Waals surface area contributed by atoms with Crippen molar-refractivity contribution in [2.75, 3.05) is 19.8 Å². The number of aryl methyl sites for hydroxylation is 2. The topological polar surface area (TPSA) is 76.0 Å². The monoisotopic (exact) mass is 339 g/mol. The van der Waals surface area contributed by atoms with Gasteiger partial charge in [-0.05, 0) is 19.9 Å². The summed E-state index contributed by atoms with van der Waals surface area (Å²) >= 11 is 0. The fourth-order valence-electron chi connectivity index (χ4n) is 3.62. The molecular weight excluding hydrogens is 318 g/mol. The summed E-state index contributed by atoms with van der Waals surface area (Å²) in [5.74, 6) is -0.0756. The summed E-state index contributed by atoms with van der Waals surface area (Å²) in [6.07, 6.45) is 0. The highest BCUT2D eigenvalue weighted by molar-refractivity contribution is 6.04. The van der Waals surface area contributed by atoms with E-state index in [1.165, 1.54) is 0 Å². The van der Waals surface area contributed by atoms with E-state index in [1.54, 1.807) is 0 Å². The van der Waals surface area contributed by atoms with E-state index in [0.717, 1.165) is 27.9 Å². The number of H-pyrrole nitrogens is 1. The number of aromatic nitrogens is 4. The van der Waals surface area contributed by atoms with Crippen LogP contribution in [0.15, 0.2) is 24.3 Å². The van der Waals surface area contributed by atoms with Crippen LogP contribution in [0.4, 0.5) is 0 Å². The minimum atomic E-state index is -0.148. The van der Waals surface area contributed by atoms with E-state index in [2.05, 4.69) is 15.3 Å². The molecule has 0 bridgehead atoms. The molecule has 1 aromatic carbocycles. The summed E-state index contributed by atoms with van der Waals surface area (Å²) in [7, 11) is 1.92. The number of para-hydroxylation sites is 1. The summed E-state index contributed by atoms with van der Waals surface area (Å²) in [6.45, 7) is 5.54. The van der Waals surface area contributed by atoms with Crippen molar-refractivity contribution in [3.63, 3.8) is 0 Å². The van der Waals surface area contributed by atoms with E-state index in [0.29, 0.717) is 25.5 Å². The third kappa shape index (κ3) is 2.51. The number of nitrogens with one attached hydrogen (secondary N) is 1. The zero-order chi connectivity index (χ0) is 17.6. The van der Waals surface area contributed by atoms with Crippen molar-refractivity contribution in [1.82, 2.24) is 24.9 Å². The van der Waals surface area contributed by atoms with Gasteiger partial charge in [-0.25, -0.2) is 0 Å². The molecule has 1 amide bonds. The first-order valence-corrected chi connectivity index (χ1v) is 8.40. The molecule has 0 radical (unpaired) electrons. The van der Waals surface area contributed by atoms with Crippen molar-refractivity contribution >= 4 is 16.8 Å². The fourth-order valence-corrected chi connectivity index (χ4v) is 3.62. The third-order valence-corrected chi connectivity index (χ3v) is 4.96. The molecule has 1 atom stereocenters. The van der Waals surface area contributed by atoms with Gasteiger partial charge >= 0.3 is 0 Å². The Balaban J connectivity index is 1.75. The van der Waals surface area contributed by atoms with E-state index in [-0.39, 0.29) is 11.9 Å². The molecular formula is C18H21N5O2. The smallest absolute Gasteiger partial charge is 0.275 e. The van der Waals surface area contributed by atoms with Crippen LogP contribution in [0, 0.1) is 13.8 Å². The minimum Gasteiger partial charge on any atom is -0.377 e. The highest BCUT2D eigenvalue weighted by Crippen LogP contribution is 2.31. The second kappa shape index (κ2) is 6.00. The molecule has 1 N–H and O–H groups in total. The summed E-state index contributed by atoms with van der Waals surface area (Å²) in [5, 5.41) is 12.6. The lowest BCUT2D eigenvalue weighted by atomic mass is 10.0. The fraction of sp³-hybridized carbons (Fsp3) is 0.389. The van der Waals surface area contributed by atoms with Gasteiger partial charge in [0.1, 0.15) is 0 Å². The third-order valence-electron chi connectivity index (χ3n) is 4.96. The number of hydrogen-bond acceptors (Lipinski definition) is 4. The average molecular weight is 339 g/mol. The molecule has 1 fully saturated rings. The van der Waals surface area contributed by atoms with Crippen LogP contribution in [-0.2, 0) is 11.8 Å². The maximum absolute atomic E-state index is 13.2. The lowest BCUT2D eigenvalue weighted by Gasteiger charge is -2.35. The zero-order valence-corrected chi connectivity index (χ0v) is 14.6. The Morgan fingerprint density at radius 3 is 2.88 bits per heavy atom. The molecule has 2 aromatic heterocycles. The lowest BCUT2D eigenvalue weighted by Crippen LogP contribution is -2.44.